The average molecular weight is 381 g/mol. The number of carbonyl (C=O) groups is 4. The largest absolute Gasteiger partial charge is 0.322 e. The zero-order chi connectivity index (χ0) is 19.8. The Morgan fingerprint density at radius 2 is 1.86 bits per heavy atom. The third kappa shape index (κ3) is 3.13. The number of benzene rings is 2. The molecule has 2 aliphatic heterocycles. The molecule has 0 radical (unpaired) electrons. The van der Waals surface area contributed by atoms with E-state index < -0.39 is 23.7 Å². The number of anilines is 1. The number of carbonyl (C=O) groups excluding carboxylic acids is 4. The van der Waals surface area contributed by atoms with Crippen LogP contribution < -0.4 is 10.6 Å². The normalized spacial score (nSPS) is 18.7. The maximum absolute atomic E-state index is 13.0. The molecule has 0 bridgehead atoms. The lowest BCUT2D eigenvalue weighted by atomic mass is 10.0. The van der Waals surface area contributed by atoms with Gasteiger partial charge in [0.15, 0.2) is 0 Å². The summed E-state index contributed by atoms with van der Waals surface area (Å²) in [6, 6.07) is 9.35. The highest BCUT2D eigenvalue weighted by atomic mass is 19.1. The van der Waals surface area contributed by atoms with E-state index in [0.717, 1.165) is 0 Å². The van der Waals surface area contributed by atoms with Gasteiger partial charge in [-0.1, -0.05) is 6.07 Å². The molecule has 2 aromatic rings. The van der Waals surface area contributed by atoms with Gasteiger partial charge in [0, 0.05) is 35.3 Å². The summed E-state index contributed by atoms with van der Waals surface area (Å²) in [5.74, 6) is -2.03. The Morgan fingerprint density at radius 1 is 1.11 bits per heavy atom. The summed E-state index contributed by atoms with van der Waals surface area (Å²) in [5, 5.41) is 5.00. The molecule has 1 fully saturated rings. The Balaban J connectivity index is 1.57. The second kappa shape index (κ2) is 6.88. The van der Waals surface area contributed by atoms with Crippen LogP contribution in [0.2, 0.25) is 0 Å². The number of hydrogen-bond donors (Lipinski definition) is 2. The van der Waals surface area contributed by atoms with Gasteiger partial charge >= 0.3 is 0 Å². The van der Waals surface area contributed by atoms with Gasteiger partial charge < -0.3 is 10.2 Å². The van der Waals surface area contributed by atoms with E-state index in [2.05, 4.69) is 10.6 Å². The fraction of sp³-hybridized carbons (Fsp3) is 0.200. The van der Waals surface area contributed by atoms with Crippen LogP contribution in [0.1, 0.15) is 39.1 Å². The summed E-state index contributed by atoms with van der Waals surface area (Å²) in [6.45, 7) is 0.153. The molecule has 1 unspecified atom stereocenters. The summed E-state index contributed by atoms with van der Waals surface area (Å²) in [6.07, 6.45) is 0.437. The summed E-state index contributed by atoms with van der Waals surface area (Å²) >= 11 is 0. The lowest BCUT2D eigenvalue weighted by Crippen LogP contribution is -2.52. The third-order valence-corrected chi connectivity index (χ3v) is 4.94. The number of piperidine rings is 1. The molecule has 2 N–H and O–H groups in total. The zero-order valence-electron chi connectivity index (χ0n) is 14.7. The minimum Gasteiger partial charge on any atom is -0.322 e. The minimum atomic E-state index is -0.724. The predicted octanol–water partition coefficient (Wildman–Crippen LogP) is 1.84. The lowest BCUT2D eigenvalue weighted by Gasteiger charge is -2.29. The number of rotatable bonds is 3. The molecule has 4 amide bonds. The van der Waals surface area contributed by atoms with Crippen LogP contribution in [-0.2, 0) is 16.1 Å². The van der Waals surface area contributed by atoms with Gasteiger partial charge in [0.2, 0.25) is 11.8 Å². The molecular weight excluding hydrogens is 365 g/mol. The number of nitrogens with one attached hydrogen (secondary N) is 2. The first-order chi connectivity index (χ1) is 13.4. The SMILES string of the molecule is O=C1CCC(N2Cc3c(NC(=O)c4ccc(F)cc4)cccc3C2=O)C(=O)N1. The van der Waals surface area contributed by atoms with Crippen LogP contribution in [0.25, 0.3) is 0 Å². The van der Waals surface area contributed by atoms with Gasteiger partial charge in [0.1, 0.15) is 11.9 Å². The predicted molar refractivity (Wildman–Crippen MR) is 96.8 cm³/mol. The molecule has 2 aliphatic rings. The van der Waals surface area contributed by atoms with Gasteiger partial charge in [-0.15, -0.1) is 0 Å². The highest BCUT2D eigenvalue weighted by Crippen LogP contribution is 2.32. The van der Waals surface area contributed by atoms with Crippen molar-refractivity contribution in [1.29, 1.82) is 0 Å². The van der Waals surface area contributed by atoms with E-state index in [-0.39, 0.29) is 36.8 Å². The summed E-state index contributed by atoms with van der Waals surface area (Å²) in [7, 11) is 0. The molecule has 0 spiro atoms. The molecule has 4 rings (SSSR count). The van der Waals surface area contributed by atoms with Gasteiger partial charge in [-0.3, -0.25) is 24.5 Å². The van der Waals surface area contributed by atoms with Gasteiger partial charge in [-0.05, 0) is 42.8 Å². The Kier molecular flexibility index (Phi) is 4.38. The van der Waals surface area contributed by atoms with Crippen molar-refractivity contribution in [1.82, 2.24) is 10.2 Å². The first-order valence-electron chi connectivity index (χ1n) is 8.77. The molecule has 0 saturated carbocycles. The Labute approximate surface area is 159 Å². The highest BCUT2D eigenvalue weighted by Gasteiger charge is 2.39. The Bertz CT molecular complexity index is 1000. The maximum atomic E-state index is 13.0. The molecule has 0 aliphatic carbocycles. The van der Waals surface area contributed by atoms with Crippen LogP contribution >= 0.6 is 0 Å². The first kappa shape index (κ1) is 17.8. The van der Waals surface area contributed by atoms with Crippen molar-refractivity contribution in [2.24, 2.45) is 0 Å². The number of imide groups is 1. The standard InChI is InChI=1S/C20H16FN3O4/c21-12-6-4-11(5-7-12)18(26)22-15-3-1-2-13-14(15)10-24(20(13)28)16-8-9-17(25)23-19(16)27/h1-7,16H,8-10H2,(H,22,26)(H,23,25,27). The van der Waals surface area contributed by atoms with Crippen LogP contribution in [-0.4, -0.2) is 34.6 Å². The number of fused-ring (bicyclic) bond motifs is 1. The summed E-state index contributed by atoms with van der Waals surface area (Å²) < 4.78 is 13.0. The Morgan fingerprint density at radius 3 is 2.57 bits per heavy atom. The van der Waals surface area contributed by atoms with Gasteiger partial charge in [-0.25, -0.2) is 4.39 Å². The van der Waals surface area contributed by atoms with Crippen molar-refractivity contribution >= 4 is 29.3 Å². The van der Waals surface area contributed by atoms with Gasteiger partial charge in [0.25, 0.3) is 11.8 Å². The van der Waals surface area contributed by atoms with E-state index in [0.29, 0.717) is 16.8 Å². The summed E-state index contributed by atoms with van der Waals surface area (Å²) in [5.41, 5.74) is 1.74. The third-order valence-electron chi connectivity index (χ3n) is 4.94. The van der Waals surface area contributed by atoms with Crippen LogP contribution in [0.5, 0.6) is 0 Å². The van der Waals surface area contributed by atoms with Crippen molar-refractivity contribution < 1.29 is 23.6 Å². The van der Waals surface area contributed by atoms with Crippen LogP contribution in [0.3, 0.4) is 0 Å². The second-order valence-corrected chi connectivity index (χ2v) is 6.69. The Hall–Kier alpha value is -3.55. The van der Waals surface area contributed by atoms with Gasteiger partial charge in [0.05, 0.1) is 0 Å². The molecule has 1 atom stereocenters. The topological polar surface area (TPSA) is 95.6 Å². The smallest absolute Gasteiger partial charge is 0.255 e. The molecule has 0 aromatic heterocycles. The molecule has 7 nitrogen and oxygen atoms in total. The van der Waals surface area contributed by atoms with E-state index in [4.69, 9.17) is 0 Å². The first-order valence-corrected chi connectivity index (χ1v) is 8.77. The minimum absolute atomic E-state index is 0.153. The molecular formula is C20H16FN3O4. The highest BCUT2D eigenvalue weighted by molar-refractivity contribution is 6.08. The fourth-order valence-corrected chi connectivity index (χ4v) is 3.50. The van der Waals surface area contributed by atoms with Crippen molar-refractivity contribution in [3.05, 3.63) is 65.0 Å². The number of halogens is 1. The molecule has 8 heteroatoms. The van der Waals surface area contributed by atoms with E-state index >= 15 is 0 Å². The molecule has 2 heterocycles. The molecule has 1 saturated heterocycles. The molecule has 2 aromatic carbocycles. The van der Waals surface area contributed by atoms with Crippen molar-refractivity contribution in [3.8, 4) is 0 Å². The van der Waals surface area contributed by atoms with Crippen molar-refractivity contribution in [2.45, 2.75) is 25.4 Å². The molecule has 142 valence electrons. The number of amides is 4. The zero-order valence-corrected chi connectivity index (χ0v) is 14.7. The van der Waals surface area contributed by atoms with Crippen LogP contribution in [0, 0.1) is 5.82 Å². The number of nitrogens with zero attached hydrogens (tertiary/aromatic N) is 1. The van der Waals surface area contributed by atoms with Crippen LogP contribution in [0.4, 0.5) is 10.1 Å². The van der Waals surface area contributed by atoms with Crippen molar-refractivity contribution in [3.63, 3.8) is 0 Å². The molecule has 28 heavy (non-hydrogen) atoms. The summed E-state index contributed by atoms with van der Waals surface area (Å²) in [4.78, 5) is 50.1. The number of hydrogen-bond acceptors (Lipinski definition) is 4. The average Bonchev–Trinajstić information content (AvgIpc) is 3.00. The van der Waals surface area contributed by atoms with Crippen molar-refractivity contribution in [2.75, 3.05) is 5.32 Å². The van der Waals surface area contributed by atoms with Gasteiger partial charge in [-0.2, -0.15) is 0 Å². The lowest BCUT2D eigenvalue weighted by molar-refractivity contribution is -0.136. The quantitative estimate of drug-likeness (QED) is 0.793. The van der Waals surface area contributed by atoms with Crippen LogP contribution in [0.15, 0.2) is 42.5 Å². The van der Waals surface area contributed by atoms with E-state index in [1.807, 2.05) is 0 Å². The monoisotopic (exact) mass is 381 g/mol. The fourth-order valence-electron chi connectivity index (χ4n) is 3.50. The maximum Gasteiger partial charge on any atom is 0.255 e. The van der Waals surface area contributed by atoms with E-state index in [1.54, 1.807) is 18.2 Å². The van der Waals surface area contributed by atoms with E-state index in [1.165, 1.54) is 29.2 Å². The second-order valence-electron chi connectivity index (χ2n) is 6.69. The van der Waals surface area contributed by atoms with E-state index in [9.17, 15) is 23.6 Å².